The van der Waals surface area contributed by atoms with E-state index in [4.69, 9.17) is 10.2 Å². The van der Waals surface area contributed by atoms with E-state index in [1.54, 1.807) is 0 Å². The third kappa shape index (κ3) is 3.22. The molecule has 0 aliphatic heterocycles. The van der Waals surface area contributed by atoms with Gasteiger partial charge < -0.3 is 15.5 Å². The molecule has 0 bridgehead atoms. The van der Waals surface area contributed by atoms with E-state index in [2.05, 4.69) is 17.4 Å². The van der Waals surface area contributed by atoms with E-state index < -0.39 is 5.97 Å². The molecule has 0 heterocycles. The molecule has 0 aromatic heterocycles. The molecule has 1 atom stereocenters. The van der Waals surface area contributed by atoms with E-state index in [1.165, 1.54) is 17.2 Å². The van der Waals surface area contributed by atoms with Crippen LogP contribution in [0.2, 0.25) is 0 Å². The summed E-state index contributed by atoms with van der Waals surface area (Å²) in [5.41, 5.74) is 4.26. The van der Waals surface area contributed by atoms with Crippen LogP contribution in [-0.4, -0.2) is 29.3 Å². The minimum atomic E-state index is -0.916. The molecule has 1 aliphatic carbocycles. The maximum Gasteiger partial charge on any atom is 0.328 e. The van der Waals surface area contributed by atoms with Crippen LogP contribution < -0.4 is 5.32 Å². The molecule has 19 heavy (non-hydrogen) atoms. The molecule has 1 aromatic carbocycles. The number of carboxylic acid groups (broad SMARTS) is 1. The van der Waals surface area contributed by atoms with Crippen LogP contribution in [0.1, 0.15) is 36.1 Å². The standard InChI is InChI=1S/C15H19NO3/c1-10(8-15(18)19)11-2-4-13-12(9-11)3-5-14(13)16-6-7-17/h2,4,8-9,14,16-17H,3,5-7H2,1H3,(H,18,19)/t14-/m0/s1. The molecule has 0 radical (unpaired) electrons. The quantitative estimate of drug-likeness (QED) is 0.706. The zero-order valence-corrected chi connectivity index (χ0v) is 11.0. The summed E-state index contributed by atoms with van der Waals surface area (Å²) in [6.45, 7) is 2.56. The second-order valence-corrected chi connectivity index (χ2v) is 4.85. The molecular formula is C15H19NO3. The first-order valence-electron chi connectivity index (χ1n) is 6.50. The lowest BCUT2D eigenvalue weighted by Gasteiger charge is -2.13. The van der Waals surface area contributed by atoms with Crippen LogP contribution in [0.5, 0.6) is 0 Å². The van der Waals surface area contributed by atoms with Crippen molar-refractivity contribution in [3.8, 4) is 0 Å². The minimum absolute atomic E-state index is 0.143. The Morgan fingerprint density at radius 2 is 2.32 bits per heavy atom. The molecule has 4 heteroatoms. The van der Waals surface area contributed by atoms with Crippen LogP contribution in [0.4, 0.5) is 0 Å². The van der Waals surface area contributed by atoms with Crippen LogP contribution in [0.25, 0.3) is 5.57 Å². The number of aliphatic hydroxyl groups excluding tert-OH is 1. The fraction of sp³-hybridized carbons (Fsp3) is 0.400. The normalized spacial score (nSPS) is 18.4. The zero-order chi connectivity index (χ0) is 13.8. The molecule has 0 fully saturated rings. The van der Waals surface area contributed by atoms with Crippen molar-refractivity contribution < 1.29 is 15.0 Å². The second-order valence-electron chi connectivity index (χ2n) is 4.85. The smallest absolute Gasteiger partial charge is 0.328 e. The van der Waals surface area contributed by atoms with Gasteiger partial charge >= 0.3 is 5.97 Å². The molecule has 0 spiro atoms. The number of fused-ring (bicyclic) bond motifs is 1. The van der Waals surface area contributed by atoms with E-state index in [0.29, 0.717) is 12.6 Å². The van der Waals surface area contributed by atoms with Crippen molar-refractivity contribution in [1.82, 2.24) is 5.32 Å². The summed E-state index contributed by atoms with van der Waals surface area (Å²) >= 11 is 0. The van der Waals surface area contributed by atoms with Crippen LogP contribution in [0, 0.1) is 0 Å². The van der Waals surface area contributed by atoms with Gasteiger partial charge in [0.1, 0.15) is 0 Å². The number of aryl methyl sites for hydroxylation is 1. The third-order valence-electron chi connectivity index (χ3n) is 3.52. The van der Waals surface area contributed by atoms with Crippen molar-refractivity contribution in [3.05, 3.63) is 41.0 Å². The highest BCUT2D eigenvalue weighted by Crippen LogP contribution is 2.32. The molecule has 2 rings (SSSR count). The van der Waals surface area contributed by atoms with E-state index >= 15 is 0 Å². The average molecular weight is 261 g/mol. The number of aliphatic carboxylic acids is 1. The molecule has 1 aliphatic rings. The molecule has 0 unspecified atom stereocenters. The number of hydrogen-bond donors (Lipinski definition) is 3. The number of benzene rings is 1. The number of rotatable bonds is 5. The highest BCUT2D eigenvalue weighted by atomic mass is 16.4. The van der Waals surface area contributed by atoms with Crippen LogP contribution in [0.15, 0.2) is 24.3 Å². The predicted molar refractivity (Wildman–Crippen MR) is 73.9 cm³/mol. The molecule has 3 N–H and O–H groups in total. The van der Waals surface area contributed by atoms with Gasteiger partial charge in [0.2, 0.25) is 0 Å². The summed E-state index contributed by atoms with van der Waals surface area (Å²) in [6, 6.07) is 6.41. The summed E-state index contributed by atoms with van der Waals surface area (Å²) in [5, 5.41) is 20.9. The highest BCUT2D eigenvalue weighted by Gasteiger charge is 2.21. The van der Waals surface area contributed by atoms with Gasteiger partial charge in [0.25, 0.3) is 0 Å². The van der Waals surface area contributed by atoms with Gasteiger partial charge in [-0.25, -0.2) is 4.79 Å². The summed E-state index contributed by atoms with van der Waals surface area (Å²) in [4.78, 5) is 10.7. The maximum atomic E-state index is 10.7. The zero-order valence-electron chi connectivity index (χ0n) is 11.0. The molecule has 102 valence electrons. The first-order valence-corrected chi connectivity index (χ1v) is 6.50. The van der Waals surface area contributed by atoms with Crippen molar-refractivity contribution in [3.63, 3.8) is 0 Å². The van der Waals surface area contributed by atoms with Crippen molar-refractivity contribution >= 4 is 11.5 Å². The number of carboxylic acids is 1. The summed E-state index contributed by atoms with van der Waals surface area (Å²) in [6.07, 6.45) is 3.26. The van der Waals surface area contributed by atoms with E-state index in [-0.39, 0.29) is 6.61 Å². The molecule has 0 saturated heterocycles. The van der Waals surface area contributed by atoms with Crippen molar-refractivity contribution in [2.24, 2.45) is 0 Å². The maximum absolute atomic E-state index is 10.7. The Bertz CT molecular complexity index is 508. The fourth-order valence-electron chi connectivity index (χ4n) is 2.58. The van der Waals surface area contributed by atoms with Gasteiger partial charge in [0.05, 0.1) is 6.61 Å². The average Bonchev–Trinajstić information content (AvgIpc) is 2.77. The molecule has 0 amide bonds. The Balaban J connectivity index is 2.20. The van der Waals surface area contributed by atoms with Crippen LogP contribution in [-0.2, 0) is 11.2 Å². The molecule has 4 nitrogen and oxygen atoms in total. The van der Waals surface area contributed by atoms with E-state index in [9.17, 15) is 4.79 Å². The van der Waals surface area contributed by atoms with Crippen LogP contribution in [0.3, 0.4) is 0 Å². The number of nitrogens with one attached hydrogen (secondary N) is 1. The Morgan fingerprint density at radius 1 is 1.53 bits per heavy atom. The van der Waals surface area contributed by atoms with Crippen LogP contribution >= 0.6 is 0 Å². The van der Waals surface area contributed by atoms with Gasteiger partial charge in [-0.1, -0.05) is 18.2 Å². The predicted octanol–water partition coefficient (Wildman–Crippen LogP) is 1.74. The Kier molecular flexibility index (Phi) is 4.35. The Morgan fingerprint density at radius 3 is 3.00 bits per heavy atom. The molecule has 0 saturated carbocycles. The highest BCUT2D eigenvalue weighted by molar-refractivity contribution is 5.89. The number of hydrogen-bond acceptors (Lipinski definition) is 3. The third-order valence-corrected chi connectivity index (χ3v) is 3.52. The number of allylic oxidation sites excluding steroid dienone is 1. The first-order chi connectivity index (χ1) is 9.11. The van der Waals surface area contributed by atoms with Crippen molar-refractivity contribution in [2.75, 3.05) is 13.2 Å². The SMILES string of the molecule is CC(=CC(=O)O)c1ccc2c(c1)CC[C@@H]2NCCO. The summed E-state index contributed by atoms with van der Waals surface area (Å²) in [7, 11) is 0. The van der Waals surface area contributed by atoms with Gasteiger partial charge in [0.15, 0.2) is 0 Å². The largest absolute Gasteiger partial charge is 0.478 e. The lowest BCUT2D eigenvalue weighted by atomic mass is 10.0. The fourth-order valence-corrected chi connectivity index (χ4v) is 2.58. The van der Waals surface area contributed by atoms with E-state index in [1.807, 2.05) is 13.0 Å². The minimum Gasteiger partial charge on any atom is -0.478 e. The summed E-state index contributed by atoms with van der Waals surface area (Å²) < 4.78 is 0. The lowest BCUT2D eigenvalue weighted by molar-refractivity contribution is -0.131. The number of carbonyl (C=O) groups is 1. The van der Waals surface area contributed by atoms with Gasteiger partial charge in [-0.2, -0.15) is 0 Å². The topological polar surface area (TPSA) is 69.6 Å². The van der Waals surface area contributed by atoms with Gasteiger partial charge in [-0.15, -0.1) is 0 Å². The Labute approximate surface area is 112 Å². The second kappa shape index (κ2) is 5.99. The molecule has 1 aromatic rings. The van der Waals surface area contributed by atoms with Gasteiger partial charge in [-0.3, -0.25) is 0 Å². The Hall–Kier alpha value is -1.65. The van der Waals surface area contributed by atoms with Crippen molar-refractivity contribution in [1.29, 1.82) is 0 Å². The van der Waals surface area contributed by atoms with Gasteiger partial charge in [-0.05, 0) is 42.0 Å². The van der Waals surface area contributed by atoms with Gasteiger partial charge in [0, 0.05) is 18.7 Å². The van der Waals surface area contributed by atoms with E-state index in [0.717, 1.165) is 24.0 Å². The first kappa shape index (κ1) is 13.8. The lowest BCUT2D eigenvalue weighted by Crippen LogP contribution is -2.22. The molecular weight excluding hydrogens is 242 g/mol. The van der Waals surface area contributed by atoms with Crippen molar-refractivity contribution in [2.45, 2.75) is 25.8 Å². The monoisotopic (exact) mass is 261 g/mol. The number of aliphatic hydroxyl groups is 1. The summed E-state index contributed by atoms with van der Waals surface area (Å²) in [5.74, 6) is -0.916.